The quantitative estimate of drug-likeness (QED) is 0.834. The number of aldehydes is 1. The molecule has 6 heteroatoms. The van der Waals surface area contributed by atoms with Gasteiger partial charge < -0.3 is 4.79 Å². The summed E-state index contributed by atoms with van der Waals surface area (Å²) in [6.07, 6.45) is 4.38. The van der Waals surface area contributed by atoms with Gasteiger partial charge >= 0.3 is 0 Å². The molecule has 0 aromatic heterocycles. The van der Waals surface area contributed by atoms with Crippen LogP contribution in [-0.2, 0) is 14.8 Å². The van der Waals surface area contributed by atoms with Gasteiger partial charge in [0, 0.05) is 6.42 Å². The lowest BCUT2D eigenvalue weighted by molar-refractivity contribution is -0.107. The monoisotopic (exact) mass is 259 g/mol. The minimum atomic E-state index is -3.79. The summed E-state index contributed by atoms with van der Waals surface area (Å²) in [4.78, 5) is 9.96. The third kappa shape index (κ3) is 3.44. The van der Waals surface area contributed by atoms with Crippen molar-refractivity contribution in [3.8, 4) is 0 Å². The maximum Gasteiger partial charge on any atom is 0.239 e. The molecule has 0 radical (unpaired) electrons. The first-order chi connectivity index (χ1) is 7.45. The van der Waals surface area contributed by atoms with Crippen molar-refractivity contribution in [2.75, 3.05) is 0 Å². The van der Waals surface area contributed by atoms with Gasteiger partial charge in [-0.1, -0.05) is 29.8 Å². The molecule has 0 atom stereocenters. The molecule has 0 spiro atoms. The minimum Gasteiger partial charge on any atom is -0.303 e. The molecular weight excluding hydrogens is 250 g/mol. The molecule has 0 saturated heterocycles. The van der Waals surface area contributed by atoms with Crippen molar-refractivity contribution in [1.29, 1.82) is 0 Å². The molecule has 0 aliphatic heterocycles. The summed E-state index contributed by atoms with van der Waals surface area (Å²) in [6.45, 7) is 0. The molecule has 4 nitrogen and oxygen atoms in total. The van der Waals surface area contributed by atoms with Crippen LogP contribution >= 0.6 is 11.6 Å². The van der Waals surface area contributed by atoms with Gasteiger partial charge in [0.2, 0.25) is 10.0 Å². The van der Waals surface area contributed by atoms with E-state index in [1.54, 1.807) is 18.2 Å². The number of carbonyl (C=O) groups excluding carboxylic acids is 1. The number of sulfonamides is 1. The van der Waals surface area contributed by atoms with E-state index in [-0.39, 0.29) is 9.92 Å². The van der Waals surface area contributed by atoms with Crippen molar-refractivity contribution in [2.24, 2.45) is 5.14 Å². The Balaban J connectivity index is 3.05. The Morgan fingerprint density at radius 3 is 2.56 bits per heavy atom. The Bertz CT molecular complexity index is 523. The van der Waals surface area contributed by atoms with Gasteiger partial charge in [0.15, 0.2) is 0 Å². The van der Waals surface area contributed by atoms with Crippen LogP contribution in [0.1, 0.15) is 12.0 Å². The third-order valence-electron chi connectivity index (χ3n) is 1.81. The molecule has 1 aromatic carbocycles. The summed E-state index contributed by atoms with van der Waals surface area (Å²) in [5, 5.41) is 5.02. The number of carbonyl (C=O) groups is 1. The van der Waals surface area contributed by atoms with Gasteiger partial charge in [-0.25, -0.2) is 13.6 Å². The van der Waals surface area contributed by atoms with Crippen LogP contribution in [0.15, 0.2) is 29.2 Å². The van der Waals surface area contributed by atoms with Crippen LogP contribution in [0.2, 0.25) is 5.02 Å². The van der Waals surface area contributed by atoms with Crippen LogP contribution in [0.4, 0.5) is 0 Å². The molecule has 0 fully saturated rings. The first-order valence-electron chi connectivity index (χ1n) is 4.37. The molecule has 0 bridgehead atoms. The topological polar surface area (TPSA) is 77.2 Å². The van der Waals surface area contributed by atoms with E-state index in [0.717, 1.165) is 6.29 Å². The molecule has 0 aliphatic rings. The smallest absolute Gasteiger partial charge is 0.239 e. The molecule has 0 aliphatic carbocycles. The van der Waals surface area contributed by atoms with Gasteiger partial charge in [-0.05, 0) is 17.7 Å². The molecule has 0 saturated carbocycles. The molecule has 86 valence electrons. The summed E-state index contributed by atoms with van der Waals surface area (Å²) in [6, 6.07) is 4.37. The predicted octanol–water partition coefficient (Wildman–Crippen LogP) is 1.59. The summed E-state index contributed by atoms with van der Waals surface area (Å²) in [5.41, 5.74) is 0.708. The van der Waals surface area contributed by atoms with E-state index in [9.17, 15) is 13.2 Å². The largest absolute Gasteiger partial charge is 0.303 e. The first kappa shape index (κ1) is 12.9. The van der Waals surface area contributed by atoms with Crippen LogP contribution in [0, 0.1) is 0 Å². The summed E-state index contributed by atoms with van der Waals surface area (Å²) in [5.74, 6) is 0. The molecule has 16 heavy (non-hydrogen) atoms. The zero-order chi connectivity index (χ0) is 12.2. The molecule has 0 amide bonds. The van der Waals surface area contributed by atoms with E-state index in [4.69, 9.17) is 16.7 Å². The van der Waals surface area contributed by atoms with Gasteiger partial charge in [0.25, 0.3) is 0 Å². The highest BCUT2D eigenvalue weighted by Crippen LogP contribution is 2.22. The Morgan fingerprint density at radius 2 is 2.06 bits per heavy atom. The van der Waals surface area contributed by atoms with Crippen molar-refractivity contribution in [2.45, 2.75) is 11.3 Å². The Kier molecular flexibility index (Phi) is 4.23. The van der Waals surface area contributed by atoms with E-state index in [1.807, 2.05) is 0 Å². The van der Waals surface area contributed by atoms with Crippen molar-refractivity contribution < 1.29 is 13.2 Å². The SMILES string of the molecule is NS(=O)(=O)c1ccc(C=CCC=O)cc1Cl. The molecule has 1 rings (SSSR count). The van der Waals surface area contributed by atoms with Crippen LogP contribution in [0.3, 0.4) is 0 Å². The van der Waals surface area contributed by atoms with Crippen LogP contribution in [0.5, 0.6) is 0 Å². The van der Waals surface area contributed by atoms with Crippen molar-refractivity contribution in [3.63, 3.8) is 0 Å². The number of rotatable bonds is 4. The third-order valence-corrected chi connectivity index (χ3v) is 3.20. The van der Waals surface area contributed by atoms with E-state index in [1.165, 1.54) is 12.1 Å². The number of nitrogens with two attached hydrogens (primary N) is 1. The van der Waals surface area contributed by atoms with E-state index in [2.05, 4.69) is 0 Å². The number of benzene rings is 1. The second kappa shape index (κ2) is 5.25. The van der Waals surface area contributed by atoms with E-state index in [0.29, 0.717) is 12.0 Å². The molecular formula is C10H10ClNO3S. The lowest BCUT2D eigenvalue weighted by Gasteiger charge is -2.02. The summed E-state index contributed by atoms with van der Waals surface area (Å²) < 4.78 is 22.1. The maximum absolute atomic E-state index is 11.1. The maximum atomic E-state index is 11.1. The van der Waals surface area contributed by atoms with Gasteiger partial charge in [-0.2, -0.15) is 0 Å². The van der Waals surface area contributed by atoms with Crippen molar-refractivity contribution in [1.82, 2.24) is 0 Å². The number of halogens is 1. The fourth-order valence-corrected chi connectivity index (χ4v) is 2.21. The van der Waals surface area contributed by atoms with Gasteiger partial charge in [-0.3, -0.25) is 0 Å². The minimum absolute atomic E-state index is 0.0655. The second-order valence-corrected chi connectivity index (χ2v) is 4.98. The zero-order valence-corrected chi connectivity index (χ0v) is 9.83. The molecule has 1 aromatic rings. The second-order valence-electron chi connectivity index (χ2n) is 3.04. The number of allylic oxidation sites excluding steroid dienone is 1. The average molecular weight is 260 g/mol. The Morgan fingerprint density at radius 1 is 1.38 bits per heavy atom. The zero-order valence-electron chi connectivity index (χ0n) is 8.26. The summed E-state index contributed by atoms with van der Waals surface area (Å²) in [7, 11) is -3.79. The fourth-order valence-electron chi connectivity index (χ4n) is 1.11. The van der Waals surface area contributed by atoms with Crippen LogP contribution in [0.25, 0.3) is 6.08 Å². The highest BCUT2D eigenvalue weighted by molar-refractivity contribution is 7.89. The summed E-state index contributed by atoms with van der Waals surface area (Å²) >= 11 is 5.76. The normalized spacial score (nSPS) is 11.9. The van der Waals surface area contributed by atoms with E-state index >= 15 is 0 Å². The standard InChI is InChI=1S/C10H10ClNO3S/c11-9-7-8(3-1-2-6-13)4-5-10(9)16(12,14)15/h1,3-7H,2H2,(H2,12,14,15). The van der Waals surface area contributed by atoms with Crippen LogP contribution in [-0.4, -0.2) is 14.7 Å². The lowest BCUT2D eigenvalue weighted by Crippen LogP contribution is -2.12. The molecule has 0 unspecified atom stereocenters. The highest BCUT2D eigenvalue weighted by Gasteiger charge is 2.12. The van der Waals surface area contributed by atoms with Crippen molar-refractivity contribution >= 4 is 34.0 Å². The Hall–Kier alpha value is -1.17. The number of hydrogen-bond acceptors (Lipinski definition) is 3. The molecule has 2 N–H and O–H groups in total. The Labute approximate surface area is 98.8 Å². The predicted molar refractivity (Wildman–Crippen MR) is 62.5 cm³/mol. The fraction of sp³-hybridized carbons (Fsp3) is 0.100. The van der Waals surface area contributed by atoms with Gasteiger partial charge in [0.1, 0.15) is 11.2 Å². The van der Waals surface area contributed by atoms with Gasteiger partial charge in [0.05, 0.1) is 5.02 Å². The first-order valence-corrected chi connectivity index (χ1v) is 6.30. The molecule has 0 heterocycles. The highest BCUT2D eigenvalue weighted by atomic mass is 35.5. The number of primary sulfonamides is 1. The van der Waals surface area contributed by atoms with Crippen LogP contribution < -0.4 is 5.14 Å². The van der Waals surface area contributed by atoms with E-state index < -0.39 is 10.0 Å². The van der Waals surface area contributed by atoms with Crippen molar-refractivity contribution in [3.05, 3.63) is 34.9 Å². The van der Waals surface area contributed by atoms with Gasteiger partial charge in [-0.15, -0.1) is 0 Å². The number of hydrogen-bond donors (Lipinski definition) is 1. The average Bonchev–Trinajstić information content (AvgIpc) is 2.16. The lowest BCUT2D eigenvalue weighted by atomic mass is 10.2.